The van der Waals surface area contributed by atoms with Gasteiger partial charge < -0.3 is 19.3 Å². The van der Waals surface area contributed by atoms with Crippen molar-refractivity contribution < 1.29 is 24.1 Å². The van der Waals surface area contributed by atoms with Crippen LogP contribution in [-0.4, -0.2) is 62.4 Å². The van der Waals surface area contributed by atoms with E-state index in [-0.39, 0.29) is 12.2 Å². The molecule has 0 aromatic rings. The molecular formula is C10H21NO5. The van der Waals surface area contributed by atoms with Gasteiger partial charge in [-0.1, -0.05) is 0 Å². The van der Waals surface area contributed by atoms with Gasteiger partial charge in [0.2, 0.25) is 0 Å². The molecule has 2 atom stereocenters. The molecule has 0 aliphatic carbocycles. The topological polar surface area (TPSA) is 60.4 Å². The number of aliphatic hydroxyl groups is 1. The summed E-state index contributed by atoms with van der Waals surface area (Å²) in [5.41, 5.74) is 0. The minimum atomic E-state index is -1.97. The quantitative estimate of drug-likeness (QED) is 0.652. The Labute approximate surface area is 96.0 Å². The van der Waals surface area contributed by atoms with Gasteiger partial charge >= 0.3 is 6.16 Å². The second-order valence-electron chi connectivity index (χ2n) is 4.00. The molecule has 6 nitrogen and oxygen atoms in total. The predicted octanol–water partition coefficient (Wildman–Crippen LogP) is -0.0339. The highest BCUT2D eigenvalue weighted by Crippen LogP contribution is 2.14. The zero-order chi connectivity index (χ0) is 12.2. The van der Waals surface area contributed by atoms with E-state index in [0.717, 1.165) is 6.54 Å². The third kappa shape index (κ3) is 3.97. The fourth-order valence-corrected chi connectivity index (χ4v) is 1.66. The summed E-state index contributed by atoms with van der Waals surface area (Å²) in [5, 5.41) is 9.61. The van der Waals surface area contributed by atoms with Gasteiger partial charge in [0.25, 0.3) is 0 Å². The number of hydrogen-bond acceptors (Lipinski definition) is 6. The van der Waals surface area contributed by atoms with Crippen molar-refractivity contribution in [3.63, 3.8) is 0 Å². The molecule has 1 heterocycles. The molecule has 0 bridgehead atoms. The van der Waals surface area contributed by atoms with Crippen molar-refractivity contribution in [1.82, 2.24) is 4.90 Å². The van der Waals surface area contributed by atoms with Gasteiger partial charge in [-0.05, 0) is 13.8 Å². The van der Waals surface area contributed by atoms with E-state index in [9.17, 15) is 5.11 Å². The maximum absolute atomic E-state index is 9.61. The lowest BCUT2D eigenvalue weighted by Gasteiger charge is -2.28. The summed E-state index contributed by atoms with van der Waals surface area (Å²) in [6.45, 7) is 5.97. The Balaban J connectivity index is 2.32. The van der Waals surface area contributed by atoms with Crippen LogP contribution in [0.2, 0.25) is 0 Å². The van der Waals surface area contributed by atoms with Crippen molar-refractivity contribution in [3.05, 3.63) is 0 Å². The molecule has 1 N–H and O–H groups in total. The zero-order valence-corrected chi connectivity index (χ0v) is 10.3. The van der Waals surface area contributed by atoms with E-state index in [1.165, 1.54) is 14.2 Å². The Bertz CT molecular complexity index is 209. The van der Waals surface area contributed by atoms with E-state index in [2.05, 4.69) is 4.90 Å². The number of rotatable bonds is 6. The molecule has 0 spiro atoms. The maximum atomic E-state index is 9.61. The fourth-order valence-electron chi connectivity index (χ4n) is 1.66. The van der Waals surface area contributed by atoms with Crippen molar-refractivity contribution in [1.29, 1.82) is 0 Å². The molecule has 6 heteroatoms. The van der Waals surface area contributed by atoms with Crippen LogP contribution >= 0.6 is 0 Å². The number of nitrogens with zero attached hydrogens (tertiary/aromatic N) is 1. The molecule has 0 aromatic heterocycles. The lowest BCUT2D eigenvalue weighted by atomic mass is 10.3. The normalized spacial score (nSPS) is 24.9. The first-order chi connectivity index (χ1) is 7.49. The van der Waals surface area contributed by atoms with Crippen LogP contribution < -0.4 is 0 Å². The lowest BCUT2D eigenvalue weighted by Crippen LogP contribution is -2.43. The second-order valence-corrected chi connectivity index (χ2v) is 4.00. The van der Waals surface area contributed by atoms with Gasteiger partial charge in [0.15, 0.2) is 0 Å². The second kappa shape index (κ2) is 5.90. The van der Waals surface area contributed by atoms with Gasteiger partial charge in [-0.25, -0.2) is 0 Å². The van der Waals surface area contributed by atoms with Crippen molar-refractivity contribution in [2.24, 2.45) is 0 Å². The summed E-state index contributed by atoms with van der Waals surface area (Å²) < 4.78 is 20.1. The molecule has 0 saturated carbocycles. The number of ether oxygens (including phenoxy) is 4. The molecule has 1 saturated heterocycles. The van der Waals surface area contributed by atoms with Crippen LogP contribution in [0.25, 0.3) is 0 Å². The largest absolute Gasteiger partial charge is 0.409 e. The van der Waals surface area contributed by atoms with Crippen LogP contribution in [0.1, 0.15) is 13.8 Å². The predicted molar refractivity (Wildman–Crippen MR) is 56.5 cm³/mol. The minimum absolute atomic E-state index is 0.223. The van der Waals surface area contributed by atoms with Crippen molar-refractivity contribution in [2.75, 3.05) is 34.0 Å². The standard InChI is InChI=1S/C10H21NO5/c1-8-5-11(7-15-8)6-9(2)16-10(12,13-3)14-4/h8-9,12H,5-7H2,1-4H3. The first-order valence-electron chi connectivity index (χ1n) is 5.33. The van der Waals surface area contributed by atoms with E-state index in [4.69, 9.17) is 18.9 Å². The minimum Gasteiger partial charge on any atom is -0.362 e. The van der Waals surface area contributed by atoms with E-state index in [1.54, 1.807) is 0 Å². The van der Waals surface area contributed by atoms with E-state index in [1.807, 2.05) is 13.8 Å². The summed E-state index contributed by atoms with van der Waals surface area (Å²) in [6, 6.07) is 0. The van der Waals surface area contributed by atoms with Crippen molar-refractivity contribution >= 4 is 0 Å². The Kier molecular flexibility index (Phi) is 5.10. The highest BCUT2D eigenvalue weighted by molar-refractivity contribution is 4.69. The SMILES string of the molecule is COC(O)(OC)OC(C)CN1COC(C)C1. The Hall–Kier alpha value is -0.240. The average Bonchev–Trinajstić information content (AvgIpc) is 2.63. The van der Waals surface area contributed by atoms with Crippen LogP contribution in [0.15, 0.2) is 0 Å². The molecule has 16 heavy (non-hydrogen) atoms. The highest BCUT2D eigenvalue weighted by Gasteiger charge is 2.31. The molecular weight excluding hydrogens is 214 g/mol. The Morgan fingerprint density at radius 2 is 2.12 bits per heavy atom. The Morgan fingerprint density at radius 1 is 1.50 bits per heavy atom. The third-order valence-corrected chi connectivity index (χ3v) is 2.44. The van der Waals surface area contributed by atoms with Gasteiger partial charge in [-0.2, -0.15) is 0 Å². The summed E-state index contributed by atoms with van der Waals surface area (Å²) in [6.07, 6.45) is -1.94. The van der Waals surface area contributed by atoms with Crippen molar-refractivity contribution in [3.8, 4) is 0 Å². The van der Waals surface area contributed by atoms with Gasteiger partial charge in [0.1, 0.15) is 0 Å². The molecule has 96 valence electrons. The first-order valence-corrected chi connectivity index (χ1v) is 5.33. The number of methoxy groups -OCH3 is 2. The molecule has 2 unspecified atom stereocenters. The van der Waals surface area contributed by atoms with Crippen LogP contribution in [0, 0.1) is 0 Å². The van der Waals surface area contributed by atoms with Gasteiger partial charge in [-0.15, -0.1) is 0 Å². The van der Waals surface area contributed by atoms with E-state index >= 15 is 0 Å². The van der Waals surface area contributed by atoms with Crippen LogP contribution in [-0.2, 0) is 18.9 Å². The zero-order valence-electron chi connectivity index (χ0n) is 10.3. The smallest absolute Gasteiger partial charge is 0.362 e. The summed E-state index contributed by atoms with van der Waals surface area (Å²) >= 11 is 0. The molecule has 0 aromatic carbocycles. The molecule has 1 aliphatic heterocycles. The van der Waals surface area contributed by atoms with Crippen LogP contribution in [0.4, 0.5) is 0 Å². The lowest BCUT2D eigenvalue weighted by molar-refractivity contribution is -0.480. The summed E-state index contributed by atoms with van der Waals surface area (Å²) in [4.78, 5) is 2.10. The monoisotopic (exact) mass is 235 g/mol. The summed E-state index contributed by atoms with van der Waals surface area (Å²) in [7, 11) is 2.63. The van der Waals surface area contributed by atoms with E-state index < -0.39 is 6.16 Å². The van der Waals surface area contributed by atoms with E-state index in [0.29, 0.717) is 13.3 Å². The average molecular weight is 235 g/mol. The van der Waals surface area contributed by atoms with Crippen LogP contribution in [0.3, 0.4) is 0 Å². The third-order valence-electron chi connectivity index (χ3n) is 2.44. The molecule has 1 aliphatic rings. The maximum Gasteiger partial charge on any atom is 0.409 e. The van der Waals surface area contributed by atoms with Gasteiger partial charge in [0.05, 0.1) is 18.9 Å². The van der Waals surface area contributed by atoms with Gasteiger partial charge in [0, 0.05) is 27.3 Å². The molecule has 0 amide bonds. The van der Waals surface area contributed by atoms with Gasteiger partial charge in [-0.3, -0.25) is 9.64 Å². The molecule has 1 rings (SSSR count). The number of hydrogen-bond donors (Lipinski definition) is 1. The van der Waals surface area contributed by atoms with Crippen molar-refractivity contribution in [2.45, 2.75) is 32.2 Å². The Morgan fingerprint density at radius 3 is 2.56 bits per heavy atom. The summed E-state index contributed by atoms with van der Waals surface area (Å²) in [5.74, 6) is 0. The van der Waals surface area contributed by atoms with Crippen LogP contribution in [0.5, 0.6) is 0 Å². The fraction of sp³-hybridized carbons (Fsp3) is 1.00. The first kappa shape index (κ1) is 13.8. The molecule has 0 radical (unpaired) electrons. The molecule has 1 fully saturated rings. The highest BCUT2D eigenvalue weighted by atomic mass is 17.0.